The second kappa shape index (κ2) is 6.11. The van der Waals surface area contributed by atoms with Crippen molar-refractivity contribution in [1.82, 2.24) is 10.3 Å². The van der Waals surface area contributed by atoms with E-state index in [0.29, 0.717) is 18.2 Å². The second-order valence-electron chi connectivity index (χ2n) is 5.03. The largest absolute Gasteiger partial charge is 0.393 e. The van der Waals surface area contributed by atoms with Crippen molar-refractivity contribution >= 4 is 39.2 Å². The molecular formula is C14H16N2O2S2. The van der Waals surface area contributed by atoms with Gasteiger partial charge in [0.05, 0.1) is 22.1 Å². The molecule has 1 aliphatic carbocycles. The lowest BCUT2D eigenvalue weighted by Crippen LogP contribution is -2.38. The van der Waals surface area contributed by atoms with Crippen molar-refractivity contribution in [1.29, 1.82) is 0 Å². The lowest BCUT2D eigenvalue weighted by atomic mass is 9.82. The number of carbonyl (C=O) groups is 1. The number of thioether (sulfide) groups is 1. The van der Waals surface area contributed by atoms with Crippen molar-refractivity contribution in [3.8, 4) is 0 Å². The van der Waals surface area contributed by atoms with Crippen molar-refractivity contribution in [3.05, 3.63) is 24.3 Å². The molecule has 4 nitrogen and oxygen atoms in total. The van der Waals surface area contributed by atoms with Gasteiger partial charge in [0.2, 0.25) is 5.91 Å². The molecule has 2 aromatic rings. The smallest absolute Gasteiger partial charge is 0.230 e. The molecule has 0 aliphatic heterocycles. The summed E-state index contributed by atoms with van der Waals surface area (Å²) < 4.78 is 2.08. The summed E-state index contributed by atoms with van der Waals surface area (Å²) in [7, 11) is 0. The van der Waals surface area contributed by atoms with Crippen LogP contribution in [0.5, 0.6) is 0 Å². The Morgan fingerprint density at radius 1 is 1.45 bits per heavy atom. The molecule has 1 saturated carbocycles. The zero-order valence-electron chi connectivity index (χ0n) is 10.9. The van der Waals surface area contributed by atoms with E-state index in [9.17, 15) is 9.90 Å². The lowest BCUT2D eigenvalue weighted by molar-refractivity contribution is -0.119. The predicted molar refractivity (Wildman–Crippen MR) is 82.1 cm³/mol. The number of amides is 1. The van der Waals surface area contributed by atoms with Crippen LogP contribution in [-0.2, 0) is 4.79 Å². The van der Waals surface area contributed by atoms with Gasteiger partial charge in [-0.15, -0.1) is 11.3 Å². The maximum atomic E-state index is 11.7. The van der Waals surface area contributed by atoms with Gasteiger partial charge in [0, 0.05) is 6.54 Å². The second-order valence-corrected chi connectivity index (χ2v) is 7.28. The maximum Gasteiger partial charge on any atom is 0.230 e. The van der Waals surface area contributed by atoms with Crippen LogP contribution in [0.1, 0.15) is 12.8 Å². The van der Waals surface area contributed by atoms with E-state index in [1.807, 2.05) is 24.3 Å². The summed E-state index contributed by atoms with van der Waals surface area (Å²) in [6, 6.07) is 7.99. The summed E-state index contributed by atoms with van der Waals surface area (Å²) in [6.07, 6.45) is 1.46. The first-order valence-corrected chi connectivity index (χ1v) is 8.44. The number of nitrogens with one attached hydrogen (secondary N) is 1. The van der Waals surface area contributed by atoms with Crippen LogP contribution in [0.3, 0.4) is 0 Å². The fourth-order valence-corrected chi connectivity index (χ4v) is 4.11. The minimum absolute atomic E-state index is 0.0376. The van der Waals surface area contributed by atoms with Gasteiger partial charge in [-0.25, -0.2) is 4.98 Å². The van der Waals surface area contributed by atoms with Gasteiger partial charge in [0.25, 0.3) is 0 Å². The number of para-hydroxylation sites is 1. The van der Waals surface area contributed by atoms with E-state index < -0.39 is 0 Å². The molecule has 20 heavy (non-hydrogen) atoms. The zero-order valence-corrected chi connectivity index (χ0v) is 12.5. The van der Waals surface area contributed by atoms with E-state index in [0.717, 1.165) is 27.4 Å². The molecule has 1 aromatic heterocycles. The first kappa shape index (κ1) is 13.9. The number of aliphatic hydroxyl groups is 1. The van der Waals surface area contributed by atoms with Gasteiger partial charge in [0.15, 0.2) is 4.34 Å². The molecule has 1 fully saturated rings. The Hall–Kier alpha value is -1.11. The van der Waals surface area contributed by atoms with E-state index in [4.69, 9.17) is 0 Å². The lowest BCUT2D eigenvalue weighted by Gasteiger charge is -2.31. The number of fused-ring (bicyclic) bond motifs is 1. The number of carbonyl (C=O) groups excluding carboxylic acids is 1. The van der Waals surface area contributed by atoms with Crippen molar-refractivity contribution in [2.45, 2.75) is 23.3 Å². The average molecular weight is 308 g/mol. The highest BCUT2D eigenvalue weighted by Crippen LogP contribution is 2.29. The molecule has 0 spiro atoms. The van der Waals surface area contributed by atoms with Crippen LogP contribution in [0.4, 0.5) is 0 Å². The maximum absolute atomic E-state index is 11.7. The SMILES string of the molecule is O=C(CSc1nc2ccccc2s1)NCC1CC(O)C1. The van der Waals surface area contributed by atoms with E-state index >= 15 is 0 Å². The normalized spacial score (nSPS) is 21.6. The molecule has 0 saturated heterocycles. The monoisotopic (exact) mass is 308 g/mol. The van der Waals surface area contributed by atoms with Gasteiger partial charge < -0.3 is 10.4 Å². The molecule has 1 heterocycles. The van der Waals surface area contributed by atoms with E-state index in [2.05, 4.69) is 10.3 Å². The van der Waals surface area contributed by atoms with Gasteiger partial charge in [-0.3, -0.25) is 4.79 Å². The van der Waals surface area contributed by atoms with Gasteiger partial charge in [-0.1, -0.05) is 23.9 Å². The predicted octanol–water partition coefficient (Wildman–Crippen LogP) is 2.28. The highest BCUT2D eigenvalue weighted by Gasteiger charge is 2.27. The molecular weight excluding hydrogens is 292 g/mol. The number of rotatable bonds is 5. The van der Waals surface area contributed by atoms with Crippen LogP contribution >= 0.6 is 23.1 Å². The minimum atomic E-state index is -0.158. The first-order valence-electron chi connectivity index (χ1n) is 6.64. The first-order chi connectivity index (χ1) is 9.70. The summed E-state index contributed by atoms with van der Waals surface area (Å²) in [5, 5.41) is 12.1. The molecule has 6 heteroatoms. The van der Waals surface area contributed by atoms with Gasteiger partial charge >= 0.3 is 0 Å². The number of thiazole rings is 1. The Kier molecular flexibility index (Phi) is 4.24. The summed E-state index contributed by atoms with van der Waals surface area (Å²) >= 11 is 3.10. The van der Waals surface area contributed by atoms with Crippen LogP contribution in [-0.4, -0.2) is 34.4 Å². The van der Waals surface area contributed by atoms with E-state index in [1.165, 1.54) is 11.8 Å². The van der Waals surface area contributed by atoms with Crippen molar-refractivity contribution < 1.29 is 9.90 Å². The van der Waals surface area contributed by atoms with E-state index in [-0.39, 0.29) is 12.0 Å². The highest BCUT2D eigenvalue weighted by atomic mass is 32.2. The number of aliphatic hydroxyl groups excluding tert-OH is 1. The number of hydrogen-bond acceptors (Lipinski definition) is 5. The Morgan fingerprint density at radius 2 is 2.25 bits per heavy atom. The molecule has 0 atom stereocenters. The number of aromatic nitrogens is 1. The summed E-state index contributed by atoms with van der Waals surface area (Å²) in [6.45, 7) is 0.677. The van der Waals surface area contributed by atoms with Crippen LogP contribution in [0, 0.1) is 5.92 Å². The number of hydrogen-bond donors (Lipinski definition) is 2. The zero-order chi connectivity index (χ0) is 13.9. The molecule has 0 bridgehead atoms. The fraction of sp³-hybridized carbons (Fsp3) is 0.429. The number of benzene rings is 1. The molecule has 0 radical (unpaired) electrons. The summed E-state index contributed by atoms with van der Waals surface area (Å²) in [5.74, 6) is 0.881. The third kappa shape index (κ3) is 3.31. The van der Waals surface area contributed by atoms with Crippen molar-refractivity contribution in [3.63, 3.8) is 0 Å². The molecule has 3 rings (SSSR count). The van der Waals surface area contributed by atoms with Gasteiger partial charge in [-0.05, 0) is 30.9 Å². The molecule has 1 aliphatic rings. The van der Waals surface area contributed by atoms with E-state index in [1.54, 1.807) is 11.3 Å². The summed E-state index contributed by atoms with van der Waals surface area (Å²) in [4.78, 5) is 16.2. The van der Waals surface area contributed by atoms with Crippen molar-refractivity contribution in [2.75, 3.05) is 12.3 Å². The standard InChI is InChI=1S/C14H16N2O2S2/c17-10-5-9(6-10)7-15-13(18)8-19-14-16-11-3-1-2-4-12(11)20-14/h1-4,9-10,17H,5-8H2,(H,15,18). The molecule has 0 unspecified atom stereocenters. The third-order valence-electron chi connectivity index (χ3n) is 3.40. The Bertz CT molecular complexity index is 575. The van der Waals surface area contributed by atoms with Crippen LogP contribution in [0.2, 0.25) is 0 Å². The van der Waals surface area contributed by atoms with Gasteiger partial charge in [-0.2, -0.15) is 0 Å². The van der Waals surface area contributed by atoms with Crippen molar-refractivity contribution in [2.24, 2.45) is 5.92 Å². The molecule has 1 aromatic carbocycles. The van der Waals surface area contributed by atoms with Gasteiger partial charge in [0.1, 0.15) is 0 Å². The fourth-order valence-electron chi connectivity index (χ4n) is 2.22. The summed E-state index contributed by atoms with van der Waals surface area (Å²) in [5.41, 5.74) is 0.990. The van der Waals surface area contributed by atoms with Crippen LogP contribution in [0.15, 0.2) is 28.6 Å². The highest BCUT2D eigenvalue weighted by molar-refractivity contribution is 8.01. The quantitative estimate of drug-likeness (QED) is 0.832. The Morgan fingerprint density at radius 3 is 3.00 bits per heavy atom. The average Bonchev–Trinajstić information content (AvgIpc) is 2.83. The molecule has 2 N–H and O–H groups in total. The number of nitrogens with zero attached hydrogens (tertiary/aromatic N) is 1. The Balaban J connectivity index is 1.45. The topological polar surface area (TPSA) is 62.2 Å². The Labute approximate surface area is 125 Å². The molecule has 1 amide bonds. The van der Waals surface area contributed by atoms with Crippen LogP contribution < -0.4 is 5.32 Å². The van der Waals surface area contributed by atoms with Crippen LogP contribution in [0.25, 0.3) is 10.2 Å². The minimum Gasteiger partial charge on any atom is -0.393 e. The molecule has 106 valence electrons. The third-order valence-corrected chi connectivity index (χ3v) is 5.58.